The van der Waals surface area contributed by atoms with Gasteiger partial charge in [0.25, 0.3) is 5.92 Å². The van der Waals surface area contributed by atoms with E-state index >= 15 is 8.78 Å². The summed E-state index contributed by atoms with van der Waals surface area (Å²) in [5.41, 5.74) is -0.340. The number of alkyl halides is 2. The fraction of sp³-hybridized carbons (Fsp3) is 0.368. The number of aliphatic hydroxyl groups is 1. The first-order valence-electron chi connectivity index (χ1n) is 8.86. The molecule has 1 aromatic carbocycles. The SMILES string of the molecule is CC(O)CCc1ccc(C(F)(F)C(CN(N)/C=N\N)c2ccc(F)cc2F)nc1. The minimum absolute atomic E-state index is 0.419. The van der Waals surface area contributed by atoms with Crippen molar-refractivity contribution < 1.29 is 22.7 Å². The topological polar surface area (TPSA) is 101 Å². The number of benzene rings is 1. The van der Waals surface area contributed by atoms with E-state index in [2.05, 4.69) is 10.1 Å². The molecule has 0 bridgehead atoms. The van der Waals surface area contributed by atoms with Gasteiger partial charge >= 0.3 is 0 Å². The Morgan fingerprint density at radius 3 is 2.55 bits per heavy atom. The standard InChI is InChI=1S/C19H23F4N5O/c1-12(29)2-3-13-4-7-18(26-9-13)19(22,23)16(10-28(25)11-27-24)15-6-5-14(20)8-17(15)21/h4-9,11-12,16,29H,2-3,10,24-25H2,1H3/b27-11-. The third-order valence-electron chi connectivity index (χ3n) is 4.40. The lowest BCUT2D eigenvalue weighted by Crippen LogP contribution is -2.40. The lowest BCUT2D eigenvalue weighted by atomic mass is 9.89. The summed E-state index contributed by atoms with van der Waals surface area (Å²) in [7, 11) is 0. The zero-order valence-electron chi connectivity index (χ0n) is 15.8. The maximum atomic E-state index is 15.3. The van der Waals surface area contributed by atoms with E-state index in [4.69, 9.17) is 11.7 Å². The van der Waals surface area contributed by atoms with Gasteiger partial charge in [0.2, 0.25) is 0 Å². The molecule has 0 spiro atoms. The van der Waals surface area contributed by atoms with Crippen LogP contribution in [-0.2, 0) is 12.3 Å². The average molecular weight is 413 g/mol. The average Bonchev–Trinajstić information content (AvgIpc) is 2.65. The van der Waals surface area contributed by atoms with Crippen molar-refractivity contribution in [2.24, 2.45) is 16.8 Å². The predicted octanol–water partition coefficient (Wildman–Crippen LogP) is 2.63. The molecule has 1 aromatic heterocycles. The number of rotatable bonds is 9. The molecule has 6 nitrogen and oxygen atoms in total. The summed E-state index contributed by atoms with van der Waals surface area (Å²) in [6.07, 6.45) is 2.60. The van der Waals surface area contributed by atoms with Crippen molar-refractivity contribution in [1.82, 2.24) is 9.99 Å². The molecule has 0 aliphatic carbocycles. The first-order chi connectivity index (χ1) is 13.6. The molecule has 10 heteroatoms. The number of halogens is 4. The monoisotopic (exact) mass is 413 g/mol. The largest absolute Gasteiger partial charge is 0.393 e. The third-order valence-corrected chi connectivity index (χ3v) is 4.40. The summed E-state index contributed by atoms with van der Waals surface area (Å²) in [4.78, 5) is 3.83. The van der Waals surface area contributed by atoms with Crippen LogP contribution in [0.4, 0.5) is 17.6 Å². The van der Waals surface area contributed by atoms with Gasteiger partial charge in [-0.3, -0.25) is 9.99 Å². The molecule has 2 rings (SSSR count). The Kier molecular flexibility index (Phi) is 7.52. The zero-order valence-corrected chi connectivity index (χ0v) is 15.8. The molecular formula is C19H23F4N5O. The Morgan fingerprint density at radius 2 is 2.00 bits per heavy atom. The zero-order chi connectivity index (χ0) is 21.6. The molecule has 5 N–H and O–H groups in total. The molecule has 0 fully saturated rings. The number of hydrazine groups is 1. The molecule has 0 amide bonds. The van der Waals surface area contributed by atoms with Crippen molar-refractivity contribution in [2.45, 2.75) is 37.7 Å². The van der Waals surface area contributed by atoms with Crippen molar-refractivity contribution in [3.63, 3.8) is 0 Å². The van der Waals surface area contributed by atoms with Crippen molar-refractivity contribution >= 4 is 6.34 Å². The summed E-state index contributed by atoms with van der Waals surface area (Å²) < 4.78 is 58.2. The van der Waals surface area contributed by atoms with Gasteiger partial charge in [-0.25, -0.2) is 14.6 Å². The first kappa shape index (κ1) is 22.6. The summed E-state index contributed by atoms with van der Waals surface area (Å²) in [5.74, 6) is 3.15. The van der Waals surface area contributed by atoms with E-state index in [1.165, 1.54) is 12.3 Å². The van der Waals surface area contributed by atoms with E-state index in [-0.39, 0.29) is 0 Å². The number of hydrogen-bond acceptors (Lipinski definition) is 5. The van der Waals surface area contributed by atoms with E-state index in [1.54, 1.807) is 6.92 Å². The van der Waals surface area contributed by atoms with Crippen LogP contribution in [0, 0.1) is 11.6 Å². The van der Waals surface area contributed by atoms with Crippen LogP contribution < -0.4 is 11.7 Å². The minimum Gasteiger partial charge on any atom is -0.393 e. The molecule has 2 unspecified atom stereocenters. The van der Waals surface area contributed by atoms with Crippen molar-refractivity contribution in [2.75, 3.05) is 6.54 Å². The van der Waals surface area contributed by atoms with Gasteiger partial charge in [0.05, 0.1) is 12.0 Å². The Balaban J connectivity index is 2.39. The minimum atomic E-state index is -3.64. The molecule has 29 heavy (non-hydrogen) atoms. The van der Waals surface area contributed by atoms with Gasteiger partial charge in [-0.15, -0.1) is 0 Å². The van der Waals surface area contributed by atoms with Crippen LogP contribution in [0.25, 0.3) is 0 Å². The Bertz CT molecular complexity index is 830. The van der Waals surface area contributed by atoms with Crippen LogP contribution in [0.15, 0.2) is 41.6 Å². The Labute approximate surface area is 165 Å². The number of nitrogens with two attached hydrogens (primary N) is 2. The van der Waals surface area contributed by atoms with Crippen molar-refractivity contribution in [1.29, 1.82) is 0 Å². The maximum Gasteiger partial charge on any atom is 0.298 e. The second kappa shape index (κ2) is 9.66. The summed E-state index contributed by atoms with van der Waals surface area (Å²) in [5, 5.41) is 13.3. The van der Waals surface area contributed by atoms with Gasteiger partial charge in [0.1, 0.15) is 23.7 Å². The summed E-state index contributed by atoms with van der Waals surface area (Å²) in [6.45, 7) is 1.07. The number of pyridine rings is 1. The Hall–Kier alpha value is -2.72. The Morgan fingerprint density at radius 1 is 1.28 bits per heavy atom. The van der Waals surface area contributed by atoms with Gasteiger partial charge in [0.15, 0.2) is 0 Å². The molecule has 158 valence electrons. The maximum absolute atomic E-state index is 15.3. The van der Waals surface area contributed by atoms with Gasteiger partial charge in [-0.05, 0) is 43.0 Å². The van der Waals surface area contributed by atoms with Crippen molar-refractivity contribution in [3.05, 3.63) is 65.0 Å². The molecule has 0 aliphatic rings. The molecule has 1 heterocycles. The molecule has 0 aliphatic heterocycles. The van der Waals surface area contributed by atoms with Crippen LogP contribution in [0.3, 0.4) is 0 Å². The van der Waals surface area contributed by atoms with Gasteiger partial charge in [-0.2, -0.15) is 13.9 Å². The fourth-order valence-corrected chi connectivity index (χ4v) is 2.86. The molecule has 0 saturated carbocycles. The number of hydrogen-bond donors (Lipinski definition) is 3. The van der Waals surface area contributed by atoms with E-state index in [0.29, 0.717) is 24.5 Å². The normalized spacial score (nSPS) is 14.2. The van der Waals surface area contributed by atoms with E-state index in [1.807, 2.05) is 0 Å². The summed E-state index contributed by atoms with van der Waals surface area (Å²) >= 11 is 0. The quantitative estimate of drug-likeness (QED) is 0.193. The van der Waals surface area contributed by atoms with Crippen molar-refractivity contribution in [3.8, 4) is 0 Å². The fourth-order valence-electron chi connectivity index (χ4n) is 2.86. The van der Waals surface area contributed by atoms with E-state index < -0.39 is 47.4 Å². The lowest BCUT2D eigenvalue weighted by Gasteiger charge is -2.29. The predicted molar refractivity (Wildman–Crippen MR) is 101 cm³/mol. The van der Waals surface area contributed by atoms with E-state index in [9.17, 15) is 13.9 Å². The van der Waals surface area contributed by atoms with Crippen LogP contribution in [0.5, 0.6) is 0 Å². The third kappa shape index (κ3) is 5.88. The number of aromatic nitrogens is 1. The summed E-state index contributed by atoms with van der Waals surface area (Å²) in [6, 6.07) is 4.99. The molecule has 2 atom stereocenters. The van der Waals surface area contributed by atoms with Crippen LogP contribution in [0.2, 0.25) is 0 Å². The highest BCUT2D eigenvalue weighted by Gasteiger charge is 2.45. The second-order valence-electron chi connectivity index (χ2n) is 6.74. The molecule has 0 saturated heterocycles. The first-order valence-corrected chi connectivity index (χ1v) is 8.86. The number of aryl methyl sites for hydroxylation is 1. The van der Waals surface area contributed by atoms with Crippen LogP contribution in [-0.4, -0.2) is 34.1 Å². The van der Waals surface area contributed by atoms with Crippen LogP contribution >= 0.6 is 0 Å². The highest BCUT2D eigenvalue weighted by Crippen LogP contribution is 2.42. The number of aliphatic hydroxyl groups excluding tert-OH is 1. The highest BCUT2D eigenvalue weighted by molar-refractivity contribution is 5.53. The smallest absolute Gasteiger partial charge is 0.298 e. The number of hydrazone groups is 1. The van der Waals surface area contributed by atoms with Crippen LogP contribution in [0.1, 0.15) is 36.1 Å². The molecule has 0 radical (unpaired) electrons. The lowest BCUT2D eigenvalue weighted by molar-refractivity contribution is -0.0443. The molecule has 2 aromatic rings. The second-order valence-corrected chi connectivity index (χ2v) is 6.74. The van der Waals surface area contributed by atoms with E-state index in [0.717, 1.165) is 29.5 Å². The van der Waals surface area contributed by atoms with Gasteiger partial charge in [-0.1, -0.05) is 12.1 Å². The molecular weight excluding hydrogens is 390 g/mol. The van der Waals surface area contributed by atoms with Gasteiger partial charge in [0, 0.05) is 18.8 Å². The number of nitrogens with zero attached hydrogens (tertiary/aromatic N) is 3. The highest BCUT2D eigenvalue weighted by atomic mass is 19.3. The van der Waals surface area contributed by atoms with Gasteiger partial charge < -0.3 is 10.9 Å².